The van der Waals surface area contributed by atoms with E-state index in [1.807, 2.05) is 0 Å². The third-order valence-corrected chi connectivity index (χ3v) is 4.25. The molecule has 116 valence electrons. The molecule has 2 rings (SSSR count). The van der Waals surface area contributed by atoms with Gasteiger partial charge >= 0.3 is 0 Å². The van der Waals surface area contributed by atoms with Gasteiger partial charge in [-0.3, -0.25) is 4.79 Å². The van der Waals surface area contributed by atoms with Gasteiger partial charge in [-0.05, 0) is 63.0 Å². The number of carbonyl (C=O) groups excluding carboxylic acids is 1. The van der Waals surface area contributed by atoms with Crippen LogP contribution in [0.1, 0.15) is 36.5 Å². The number of carbonyl (C=O) groups is 1. The number of nitrogens with zero attached hydrogens (tertiary/aromatic N) is 1. The lowest BCUT2D eigenvalue weighted by Gasteiger charge is -2.30. The zero-order valence-electron chi connectivity index (χ0n) is 12.4. The maximum atomic E-state index is 12.0. The first kappa shape index (κ1) is 16.1. The highest BCUT2D eigenvalue weighted by Gasteiger charge is 2.15. The Morgan fingerprint density at radius 2 is 2.14 bits per heavy atom. The van der Waals surface area contributed by atoms with Gasteiger partial charge in [0, 0.05) is 11.6 Å². The van der Waals surface area contributed by atoms with Crippen LogP contribution >= 0.6 is 11.6 Å². The van der Waals surface area contributed by atoms with E-state index in [9.17, 15) is 9.90 Å². The second-order valence-corrected chi connectivity index (χ2v) is 6.23. The average Bonchev–Trinajstić information content (AvgIpc) is 2.47. The third-order valence-electron chi connectivity index (χ3n) is 4.02. The fourth-order valence-corrected chi connectivity index (χ4v) is 2.75. The van der Waals surface area contributed by atoms with E-state index in [4.69, 9.17) is 11.6 Å². The van der Waals surface area contributed by atoms with Crippen LogP contribution in [0, 0.1) is 5.92 Å². The average molecular weight is 311 g/mol. The normalized spacial score (nSPS) is 16.9. The van der Waals surface area contributed by atoms with Crippen molar-refractivity contribution in [3.8, 4) is 5.75 Å². The van der Waals surface area contributed by atoms with Gasteiger partial charge in [-0.2, -0.15) is 0 Å². The molecule has 1 aliphatic rings. The monoisotopic (exact) mass is 310 g/mol. The first-order chi connectivity index (χ1) is 10.1. The van der Waals surface area contributed by atoms with Crippen LogP contribution in [-0.4, -0.2) is 42.1 Å². The standard InChI is InChI=1S/C16H23ClN2O2/c1-12-5-9-19(10-6-12)8-2-7-18-16(21)14-11-13(17)3-4-15(14)20/h3-4,11-12,20H,2,5-10H2,1H3,(H,18,21). The molecule has 1 aromatic rings. The van der Waals surface area contributed by atoms with Gasteiger partial charge in [0.25, 0.3) is 5.91 Å². The Labute approximate surface area is 131 Å². The molecule has 1 saturated heterocycles. The zero-order valence-corrected chi connectivity index (χ0v) is 13.2. The van der Waals surface area contributed by atoms with Crippen LogP contribution in [-0.2, 0) is 0 Å². The highest BCUT2D eigenvalue weighted by Crippen LogP contribution is 2.21. The molecular weight excluding hydrogens is 288 g/mol. The van der Waals surface area contributed by atoms with Gasteiger partial charge < -0.3 is 15.3 Å². The van der Waals surface area contributed by atoms with Gasteiger partial charge in [-0.1, -0.05) is 18.5 Å². The molecule has 1 fully saturated rings. The Morgan fingerprint density at radius 1 is 1.43 bits per heavy atom. The van der Waals surface area contributed by atoms with Gasteiger partial charge in [0.1, 0.15) is 5.75 Å². The predicted octanol–water partition coefficient (Wildman–Crippen LogP) is 2.90. The maximum absolute atomic E-state index is 12.0. The summed E-state index contributed by atoms with van der Waals surface area (Å²) in [7, 11) is 0. The number of halogens is 1. The second kappa shape index (κ2) is 7.66. The summed E-state index contributed by atoms with van der Waals surface area (Å²) in [6.45, 7) is 6.23. The maximum Gasteiger partial charge on any atom is 0.255 e. The molecule has 0 aliphatic carbocycles. The van der Waals surface area contributed by atoms with Crippen LogP contribution in [0.4, 0.5) is 0 Å². The van der Waals surface area contributed by atoms with E-state index in [2.05, 4.69) is 17.1 Å². The number of phenolic OH excluding ortho intramolecular Hbond substituents is 1. The highest BCUT2D eigenvalue weighted by atomic mass is 35.5. The van der Waals surface area contributed by atoms with E-state index in [1.165, 1.54) is 25.0 Å². The van der Waals surface area contributed by atoms with Crippen molar-refractivity contribution in [3.63, 3.8) is 0 Å². The molecule has 0 radical (unpaired) electrons. The second-order valence-electron chi connectivity index (χ2n) is 5.80. The van der Waals surface area contributed by atoms with E-state index in [-0.39, 0.29) is 17.2 Å². The summed E-state index contributed by atoms with van der Waals surface area (Å²) in [6.07, 6.45) is 3.45. The summed E-state index contributed by atoms with van der Waals surface area (Å²) in [4.78, 5) is 14.4. The highest BCUT2D eigenvalue weighted by molar-refractivity contribution is 6.31. The molecule has 1 heterocycles. The molecule has 0 atom stereocenters. The number of phenols is 1. The van der Waals surface area contributed by atoms with E-state index < -0.39 is 0 Å². The number of amides is 1. The SMILES string of the molecule is CC1CCN(CCCNC(=O)c2cc(Cl)ccc2O)CC1. The van der Waals surface area contributed by atoms with Crippen LogP contribution < -0.4 is 5.32 Å². The lowest BCUT2D eigenvalue weighted by Crippen LogP contribution is -2.35. The van der Waals surface area contributed by atoms with Crippen LogP contribution in [0.3, 0.4) is 0 Å². The summed E-state index contributed by atoms with van der Waals surface area (Å²) in [6, 6.07) is 4.48. The van der Waals surface area contributed by atoms with Gasteiger partial charge in [0.2, 0.25) is 0 Å². The van der Waals surface area contributed by atoms with Crippen LogP contribution in [0.2, 0.25) is 5.02 Å². The molecule has 0 aromatic heterocycles. The lowest BCUT2D eigenvalue weighted by atomic mass is 9.99. The predicted molar refractivity (Wildman–Crippen MR) is 84.9 cm³/mol. The van der Waals surface area contributed by atoms with E-state index in [0.717, 1.165) is 32.0 Å². The zero-order chi connectivity index (χ0) is 15.2. The van der Waals surface area contributed by atoms with Crippen molar-refractivity contribution in [3.05, 3.63) is 28.8 Å². The first-order valence-electron chi connectivity index (χ1n) is 7.55. The Kier molecular flexibility index (Phi) is 5.88. The first-order valence-corrected chi connectivity index (χ1v) is 7.93. The van der Waals surface area contributed by atoms with Crippen molar-refractivity contribution in [2.45, 2.75) is 26.2 Å². The van der Waals surface area contributed by atoms with Gasteiger partial charge in [0.05, 0.1) is 5.56 Å². The molecule has 1 aliphatic heterocycles. The minimum absolute atomic E-state index is 0.0399. The van der Waals surface area contributed by atoms with Crippen molar-refractivity contribution in [2.24, 2.45) is 5.92 Å². The fraction of sp³-hybridized carbons (Fsp3) is 0.562. The smallest absolute Gasteiger partial charge is 0.255 e. The largest absolute Gasteiger partial charge is 0.507 e. The Bertz CT molecular complexity index is 485. The van der Waals surface area contributed by atoms with Crippen molar-refractivity contribution < 1.29 is 9.90 Å². The number of rotatable bonds is 5. The number of nitrogens with one attached hydrogen (secondary N) is 1. The van der Waals surface area contributed by atoms with Crippen molar-refractivity contribution >= 4 is 17.5 Å². The molecular formula is C16H23ClN2O2. The van der Waals surface area contributed by atoms with E-state index >= 15 is 0 Å². The summed E-state index contributed by atoms with van der Waals surface area (Å²) in [5.74, 6) is 0.524. The fourth-order valence-electron chi connectivity index (χ4n) is 2.58. The molecule has 1 amide bonds. The number of aromatic hydroxyl groups is 1. The number of hydrogen-bond donors (Lipinski definition) is 2. The number of likely N-dealkylation sites (tertiary alicyclic amines) is 1. The van der Waals surface area contributed by atoms with Crippen molar-refractivity contribution in [2.75, 3.05) is 26.2 Å². The molecule has 21 heavy (non-hydrogen) atoms. The summed E-state index contributed by atoms with van der Waals surface area (Å²) in [5.41, 5.74) is 0.231. The summed E-state index contributed by atoms with van der Waals surface area (Å²) in [5, 5.41) is 12.9. The van der Waals surface area contributed by atoms with Crippen LogP contribution in [0.15, 0.2) is 18.2 Å². The quantitative estimate of drug-likeness (QED) is 0.822. The molecule has 0 unspecified atom stereocenters. The summed E-state index contributed by atoms with van der Waals surface area (Å²) >= 11 is 5.84. The number of piperidine rings is 1. The Morgan fingerprint density at radius 3 is 2.86 bits per heavy atom. The molecule has 5 heteroatoms. The molecule has 1 aromatic carbocycles. The summed E-state index contributed by atoms with van der Waals surface area (Å²) < 4.78 is 0. The molecule has 4 nitrogen and oxygen atoms in total. The number of hydrogen-bond acceptors (Lipinski definition) is 3. The topological polar surface area (TPSA) is 52.6 Å². The Hall–Kier alpha value is -1.26. The minimum atomic E-state index is -0.276. The van der Waals surface area contributed by atoms with Gasteiger partial charge in [-0.15, -0.1) is 0 Å². The molecule has 0 spiro atoms. The molecule has 2 N–H and O–H groups in total. The molecule has 0 bridgehead atoms. The third kappa shape index (κ3) is 4.90. The van der Waals surface area contributed by atoms with E-state index in [1.54, 1.807) is 6.07 Å². The van der Waals surface area contributed by atoms with Crippen LogP contribution in [0.5, 0.6) is 5.75 Å². The number of benzene rings is 1. The minimum Gasteiger partial charge on any atom is -0.507 e. The van der Waals surface area contributed by atoms with Gasteiger partial charge in [-0.25, -0.2) is 0 Å². The van der Waals surface area contributed by atoms with Crippen LogP contribution in [0.25, 0.3) is 0 Å². The van der Waals surface area contributed by atoms with Crippen molar-refractivity contribution in [1.29, 1.82) is 0 Å². The lowest BCUT2D eigenvalue weighted by molar-refractivity contribution is 0.0948. The van der Waals surface area contributed by atoms with E-state index in [0.29, 0.717) is 11.6 Å². The Balaban J connectivity index is 1.71. The van der Waals surface area contributed by atoms with Gasteiger partial charge in [0.15, 0.2) is 0 Å². The van der Waals surface area contributed by atoms with Crippen molar-refractivity contribution in [1.82, 2.24) is 10.2 Å². The molecule has 0 saturated carbocycles.